The standard InChI is InChI=1S/C19H23F2N3O8S/c1-17(2,3)32-16(27)23(15(25)26)14-18(4,5)33(30,31)13(21)19(6,22-14)11-9-10(24(28)29)7-8-12(11)20/h7-9,13H,1-6H3,(H,25,26)/t13?,19-/m1/s1. The number of amides is 2. The number of carboxylic acid groups (broad SMARTS) is 1. The maximum atomic E-state index is 15.5. The van der Waals surface area contributed by atoms with Gasteiger partial charge in [-0.05, 0) is 47.6 Å². The summed E-state index contributed by atoms with van der Waals surface area (Å²) in [6, 6.07) is 2.02. The average molecular weight is 491 g/mol. The minimum absolute atomic E-state index is 0.0951. The first-order chi connectivity index (χ1) is 14.8. The number of carbonyl (C=O) groups is 2. The highest BCUT2D eigenvalue weighted by Gasteiger charge is 2.61. The number of non-ortho nitro benzene ring substituents is 1. The van der Waals surface area contributed by atoms with E-state index in [0.717, 1.165) is 26.8 Å². The van der Waals surface area contributed by atoms with E-state index in [1.165, 1.54) is 20.8 Å². The van der Waals surface area contributed by atoms with Crippen LogP contribution in [0.5, 0.6) is 0 Å². The van der Waals surface area contributed by atoms with Crippen molar-refractivity contribution in [3.05, 3.63) is 39.7 Å². The summed E-state index contributed by atoms with van der Waals surface area (Å²) in [6.07, 6.45) is -3.50. The molecule has 1 aliphatic rings. The molecule has 2 rings (SSSR count). The van der Waals surface area contributed by atoms with Crippen LogP contribution in [0.4, 0.5) is 24.1 Å². The molecule has 11 nitrogen and oxygen atoms in total. The van der Waals surface area contributed by atoms with E-state index in [1.54, 1.807) is 0 Å². The molecule has 1 aromatic rings. The molecule has 2 amide bonds. The number of carbonyl (C=O) groups excluding carboxylic acids is 1. The second kappa shape index (κ2) is 8.01. The number of hydrogen-bond donors (Lipinski definition) is 1. The van der Waals surface area contributed by atoms with Crippen molar-refractivity contribution in [2.45, 2.75) is 62.9 Å². The van der Waals surface area contributed by atoms with Gasteiger partial charge in [0.25, 0.3) is 5.69 Å². The van der Waals surface area contributed by atoms with Crippen molar-refractivity contribution >= 4 is 33.5 Å². The van der Waals surface area contributed by atoms with E-state index in [4.69, 9.17) is 4.74 Å². The topological polar surface area (TPSA) is 156 Å². The molecule has 1 aromatic carbocycles. The maximum Gasteiger partial charge on any atom is 0.425 e. The number of nitrogens with zero attached hydrogens (tertiary/aromatic N) is 3. The van der Waals surface area contributed by atoms with Crippen LogP contribution in [0.2, 0.25) is 0 Å². The summed E-state index contributed by atoms with van der Waals surface area (Å²) in [7, 11) is -5.00. The van der Waals surface area contributed by atoms with Crippen LogP contribution >= 0.6 is 0 Å². The number of imide groups is 1. The number of nitro groups is 1. The molecule has 1 heterocycles. The Bertz CT molecular complexity index is 1160. The average Bonchev–Trinajstić information content (AvgIpc) is 2.63. The molecule has 1 unspecified atom stereocenters. The lowest BCUT2D eigenvalue weighted by molar-refractivity contribution is -0.385. The van der Waals surface area contributed by atoms with Gasteiger partial charge in [0.15, 0.2) is 9.84 Å². The Hall–Kier alpha value is -3.16. The number of halogens is 2. The monoisotopic (exact) mass is 491 g/mol. The van der Waals surface area contributed by atoms with Crippen molar-refractivity contribution in [1.82, 2.24) is 4.90 Å². The summed E-state index contributed by atoms with van der Waals surface area (Å²) in [4.78, 5) is 38.6. The van der Waals surface area contributed by atoms with Gasteiger partial charge in [0, 0.05) is 17.7 Å². The summed E-state index contributed by atoms with van der Waals surface area (Å²) in [5, 5.41) is 20.8. The Morgan fingerprint density at radius 2 is 1.82 bits per heavy atom. The zero-order valence-corrected chi connectivity index (χ0v) is 19.4. The fourth-order valence-electron chi connectivity index (χ4n) is 3.17. The van der Waals surface area contributed by atoms with E-state index in [0.29, 0.717) is 12.1 Å². The number of aliphatic imine (C=N–C) groups is 1. The van der Waals surface area contributed by atoms with E-state index in [2.05, 4.69) is 4.99 Å². The summed E-state index contributed by atoms with van der Waals surface area (Å²) in [6.45, 7) is 6.97. The molecule has 2 atom stereocenters. The highest BCUT2D eigenvalue weighted by Crippen LogP contribution is 2.45. The van der Waals surface area contributed by atoms with Crippen LogP contribution in [0.3, 0.4) is 0 Å². The molecule has 0 bridgehead atoms. The second-order valence-corrected chi connectivity index (χ2v) is 11.5. The van der Waals surface area contributed by atoms with Crippen LogP contribution in [-0.4, -0.2) is 57.2 Å². The number of hydrogen-bond acceptors (Lipinski definition) is 8. The predicted octanol–water partition coefficient (Wildman–Crippen LogP) is 3.77. The molecule has 0 radical (unpaired) electrons. The maximum absolute atomic E-state index is 15.5. The van der Waals surface area contributed by atoms with E-state index in [1.807, 2.05) is 0 Å². The van der Waals surface area contributed by atoms with E-state index < -0.39 is 71.2 Å². The van der Waals surface area contributed by atoms with Crippen molar-refractivity contribution in [3.63, 3.8) is 0 Å². The van der Waals surface area contributed by atoms with Crippen LogP contribution < -0.4 is 0 Å². The molecule has 0 saturated heterocycles. The van der Waals surface area contributed by atoms with Gasteiger partial charge in [0.1, 0.15) is 27.5 Å². The molecule has 0 aliphatic carbocycles. The Kier molecular flexibility index (Phi) is 6.33. The molecular weight excluding hydrogens is 468 g/mol. The minimum atomic E-state index is -5.00. The van der Waals surface area contributed by atoms with Crippen molar-refractivity contribution < 1.29 is 41.6 Å². The van der Waals surface area contributed by atoms with E-state index >= 15 is 4.39 Å². The first kappa shape index (κ1) is 26.1. The van der Waals surface area contributed by atoms with E-state index in [-0.39, 0.29) is 4.90 Å². The zero-order valence-electron chi connectivity index (χ0n) is 18.6. The SMILES string of the molecule is CC(C)(C)OC(=O)N(C(=O)O)C1=N[C@](C)(c2cc([N+](=O)[O-])ccc2F)C(F)S(=O)(=O)C1(C)C. The van der Waals surface area contributed by atoms with Gasteiger partial charge in [-0.25, -0.2) is 26.8 Å². The van der Waals surface area contributed by atoms with Crippen LogP contribution in [0, 0.1) is 15.9 Å². The van der Waals surface area contributed by atoms with Crippen LogP contribution in [0.25, 0.3) is 0 Å². The minimum Gasteiger partial charge on any atom is -0.464 e. The molecule has 14 heteroatoms. The molecule has 0 saturated carbocycles. The van der Waals surface area contributed by atoms with Gasteiger partial charge >= 0.3 is 12.2 Å². The first-order valence-electron chi connectivity index (χ1n) is 9.45. The Balaban J connectivity index is 2.91. The lowest BCUT2D eigenvalue weighted by atomic mass is 9.91. The van der Waals surface area contributed by atoms with Gasteiger partial charge in [-0.1, -0.05) is 0 Å². The molecule has 0 fully saturated rings. The van der Waals surface area contributed by atoms with Gasteiger partial charge in [-0.2, -0.15) is 4.90 Å². The summed E-state index contributed by atoms with van der Waals surface area (Å²) >= 11 is 0. The van der Waals surface area contributed by atoms with Gasteiger partial charge in [-0.3, -0.25) is 15.1 Å². The van der Waals surface area contributed by atoms with Gasteiger partial charge < -0.3 is 9.84 Å². The van der Waals surface area contributed by atoms with Crippen LogP contribution in [-0.2, 0) is 20.1 Å². The third-order valence-corrected chi connectivity index (χ3v) is 7.60. The number of nitro benzene ring substituents is 1. The molecule has 1 aliphatic heterocycles. The molecule has 0 spiro atoms. The van der Waals surface area contributed by atoms with Crippen LogP contribution in [0.1, 0.15) is 47.1 Å². The second-order valence-electron chi connectivity index (χ2n) is 8.97. The van der Waals surface area contributed by atoms with Gasteiger partial charge in [0.2, 0.25) is 5.50 Å². The fraction of sp³-hybridized carbons (Fsp3) is 0.526. The molecule has 1 N–H and O–H groups in total. The van der Waals surface area contributed by atoms with Gasteiger partial charge in [-0.15, -0.1) is 0 Å². The van der Waals surface area contributed by atoms with Crippen molar-refractivity contribution in [2.24, 2.45) is 4.99 Å². The molecule has 33 heavy (non-hydrogen) atoms. The lowest BCUT2D eigenvalue weighted by Gasteiger charge is -2.43. The summed E-state index contributed by atoms with van der Waals surface area (Å²) < 4.78 is 59.1. The largest absolute Gasteiger partial charge is 0.464 e. The summed E-state index contributed by atoms with van der Waals surface area (Å²) in [5.41, 5.74) is -8.29. The number of benzene rings is 1. The number of ether oxygens (including phenoxy) is 1. The van der Waals surface area contributed by atoms with Crippen molar-refractivity contribution in [3.8, 4) is 0 Å². The lowest BCUT2D eigenvalue weighted by Crippen LogP contribution is -2.62. The molecule has 182 valence electrons. The first-order valence-corrected chi connectivity index (χ1v) is 11.0. The number of amidine groups is 1. The third kappa shape index (κ3) is 4.38. The Labute approximate surface area is 188 Å². The smallest absolute Gasteiger partial charge is 0.425 e. The molecular formula is C19H23F2N3O8S. The third-order valence-electron chi connectivity index (χ3n) is 4.99. The fourth-order valence-corrected chi connectivity index (χ4v) is 4.87. The predicted molar refractivity (Wildman–Crippen MR) is 112 cm³/mol. The molecule has 0 aromatic heterocycles. The van der Waals surface area contributed by atoms with Crippen molar-refractivity contribution in [1.29, 1.82) is 0 Å². The number of rotatable bonds is 2. The van der Waals surface area contributed by atoms with Gasteiger partial charge in [0.05, 0.1) is 4.92 Å². The highest BCUT2D eigenvalue weighted by atomic mass is 32.2. The van der Waals surface area contributed by atoms with Crippen LogP contribution in [0.15, 0.2) is 23.2 Å². The number of alkyl halides is 1. The normalized spacial score (nSPS) is 23.9. The van der Waals surface area contributed by atoms with E-state index in [9.17, 15) is 37.6 Å². The quantitative estimate of drug-likeness (QED) is 0.484. The zero-order chi connectivity index (χ0) is 25.7. The number of sulfone groups is 1. The van der Waals surface area contributed by atoms with Crippen molar-refractivity contribution in [2.75, 3.05) is 0 Å². The Morgan fingerprint density at radius 1 is 1.27 bits per heavy atom. The Morgan fingerprint density at radius 3 is 2.27 bits per heavy atom. The highest BCUT2D eigenvalue weighted by molar-refractivity contribution is 7.94. The summed E-state index contributed by atoms with van der Waals surface area (Å²) in [5.74, 6) is -2.17.